The number of hydrogen-bond donors (Lipinski definition) is 1. The molecule has 0 fully saturated rings. The van der Waals surface area contributed by atoms with Gasteiger partial charge in [0.05, 0.1) is 12.9 Å². The molecule has 3 aromatic rings. The summed E-state index contributed by atoms with van der Waals surface area (Å²) >= 11 is 4.49. The van der Waals surface area contributed by atoms with Crippen LogP contribution in [0.3, 0.4) is 0 Å². The van der Waals surface area contributed by atoms with Crippen molar-refractivity contribution in [1.29, 1.82) is 0 Å². The van der Waals surface area contributed by atoms with Gasteiger partial charge in [0.25, 0.3) is 0 Å². The first kappa shape index (κ1) is 23.3. The van der Waals surface area contributed by atoms with E-state index >= 15 is 0 Å². The molecular weight excluding hydrogens is 450 g/mol. The summed E-state index contributed by atoms with van der Waals surface area (Å²) in [6, 6.07) is 14.9. The lowest BCUT2D eigenvalue weighted by Crippen LogP contribution is -2.17. The monoisotopic (exact) mass is 473 g/mol. The Kier molecular flexibility index (Phi) is 8.51. The average molecular weight is 474 g/mol. The zero-order chi connectivity index (χ0) is 22.2. The molecule has 162 valence electrons. The highest BCUT2D eigenvalue weighted by atomic mass is 32.2. The molecule has 0 radical (unpaired) electrons. The van der Waals surface area contributed by atoms with Crippen LogP contribution in [0.5, 0.6) is 5.75 Å². The molecule has 1 aromatic heterocycles. The third-order valence-corrected chi connectivity index (χ3v) is 7.50. The minimum atomic E-state index is -0.0936. The van der Waals surface area contributed by atoms with E-state index in [9.17, 15) is 9.59 Å². The average Bonchev–Trinajstić information content (AvgIpc) is 3.24. The van der Waals surface area contributed by atoms with E-state index in [1.165, 1.54) is 28.7 Å². The second kappa shape index (κ2) is 11.3. The van der Waals surface area contributed by atoms with Crippen molar-refractivity contribution >= 4 is 52.2 Å². The van der Waals surface area contributed by atoms with Crippen LogP contribution < -0.4 is 10.1 Å². The maximum Gasteiger partial charge on any atom is 0.226 e. The number of ether oxygens (including phenoxy) is 1. The van der Waals surface area contributed by atoms with Gasteiger partial charge < -0.3 is 10.1 Å². The van der Waals surface area contributed by atoms with Crippen LogP contribution in [0.15, 0.2) is 57.2 Å². The van der Waals surface area contributed by atoms with Gasteiger partial charge in [0.1, 0.15) is 5.75 Å². The molecule has 1 heterocycles. The molecule has 0 aliphatic heterocycles. The van der Waals surface area contributed by atoms with E-state index in [-0.39, 0.29) is 23.4 Å². The number of carbonyl (C=O) groups is 2. The molecule has 6 nitrogen and oxygen atoms in total. The summed E-state index contributed by atoms with van der Waals surface area (Å²) in [6.45, 7) is 3.67. The van der Waals surface area contributed by atoms with Crippen LogP contribution in [-0.4, -0.2) is 34.8 Å². The first-order chi connectivity index (χ1) is 14.9. The zero-order valence-electron chi connectivity index (χ0n) is 17.5. The summed E-state index contributed by atoms with van der Waals surface area (Å²) in [5.41, 5.74) is 2.47. The standard InChI is InChI=1S/C22H23N3O3S3/c1-14(2)20(27)23-17-8-6-16(7-9-17)19(26)13-30-22-25-24-21(31-22)29-12-15-4-10-18(28-3)11-5-15/h4-11,14H,12-13H2,1-3H3,(H,23,27). The number of thioether (sulfide) groups is 2. The van der Waals surface area contributed by atoms with E-state index in [2.05, 4.69) is 15.5 Å². The van der Waals surface area contributed by atoms with Gasteiger partial charge in [-0.1, -0.05) is 60.8 Å². The van der Waals surface area contributed by atoms with Crippen molar-refractivity contribution in [3.05, 3.63) is 59.7 Å². The van der Waals surface area contributed by atoms with Gasteiger partial charge in [0, 0.05) is 22.9 Å². The topological polar surface area (TPSA) is 81.2 Å². The number of amides is 1. The fraction of sp³-hybridized carbons (Fsp3) is 0.273. The number of hydrogen-bond acceptors (Lipinski definition) is 8. The summed E-state index contributed by atoms with van der Waals surface area (Å²) < 4.78 is 6.81. The van der Waals surface area contributed by atoms with E-state index in [0.29, 0.717) is 11.3 Å². The number of methoxy groups -OCH3 is 1. The van der Waals surface area contributed by atoms with Gasteiger partial charge in [-0.25, -0.2) is 0 Å². The first-order valence-corrected chi connectivity index (χ1v) is 12.4. The quantitative estimate of drug-likeness (QED) is 0.311. The number of ketones is 1. The van der Waals surface area contributed by atoms with Gasteiger partial charge in [-0.3, -0.25) is 9.59 Å². The Labute approximate surface area is 194 Å². The molecule has 31 heavy (non-hydrogen) atoms. The van der Waals surface area contributed by atoms with Gasteiger partial charge in [-0.2, -0.15) is 0 Å². The number of rotatable bonds is 10. The Morgan fingerprint density at radius 1 is 1.00 bits per heavy atom. The number of Topliss-reactive ketones (excluding diaryl/α,β-unsaturated/α-hetero) is 1. The maximum atomic E-state index is 12.5. The molecule has 1 amide bonds. The van der Waals surface area contributed by atoms with Crippen molar-refractivity contribution < 1.29 is 14.3 Å². The Morgan fingerprint density at radius 2 is 1.65 bits per heavy atom. The van der Waals surface area contributed by atoms with Crippen LogP contribution in [0.2, 0.25) is 0 Å². The highest BCUT2D eigenvalue weighted by molar-refractivity contribution is 8.03. The molecule has 0 bridgehead atoms. The van der Waals surface area contributed by atoms with Crippen molar-refractivity contribution in [2.75, 3.05) is 18.2 Å². The van der Waals surface area contributed by atoms with E-state index < -0.39 is 0 Å². The van der Waals surface area contributed by atoms with Crippen molar-refractivity contribution in [3.8, 4) is 5.75 Å². The smallest absolute Gasteiger partial charge is 0.226 e. The Bertz CT molecular complexity index is 1020. The van der Waals surface area contributed by atoms with E-state index in [4.69, 9.17) is 4.74 Å². The van der Waals surface area contributed by atoms with E-state index in [1.54, 1.807) is 43.1 Å². The molecule has 0 aliphatic rings. The molecule has 0 saturated heterocycles. The zero-order valence-corrected chi connectivity index (χ0v) is 19.9. The van der Waals surface area contributed by atoms with Crippen molar-refractivity contribution in [2.24, 2.45) is 5.92 Å². The normalized spacial score (nSPS) is 10.8. The fourth-order valence-corrected chi connectivity index (χ4v) is 5.29. The van der Waals surface area contributed by atoms with Crippen LogP contribution in [0, 0.1) is 5.92 Å². The van der Waals surface area contributed by atoms with Crippen LogP contribution in [-0.2, 0) is 10.5 Å². The molecule has 3 rings (SSSR count). The van der Waals surface area contributed by atoms with Crippen LogP contribution >= 0.6 is 34.9 Å². The van der Waals surface area contributed by atoms with Gasteiger partial charge in [0.2, 0.25) is 5.91 Å². The third kappa shape index (κ3) is 7.09. The Hall–Kier alpha value is -2.36. The van der Waals surface area contributed by atoms with E-state index in [1.807, 2.05) is 38.1 Å². The van der Waals surface area contributed by atoms with Crippen molar-refractivity contribution in [1.82, 2.24) is 10.2 Å². The van der Waals surface area contributed by atoms with E-state index in [0.717, 1.165) is 20.2 Å². The predicted molar refractivity (Wildman–Crippen MR) is 127 cm³/mol. The molecule has 0 saturated carbocycles. The molecule has 2 aromatic carbocycles. The predicted octanol–water partition coefficient (Wildman–Crippen LogP) is 5.41. The number of benzene rings is 2. The summed E-state index contributed by atoms with van der Waals surface area (Å²) in [5, 5.41) is 11.2. The Balaban J connectivity index is 1.47. The molecule has 0 atom stereocenters. The molecule has 0 aliphatic carbocycles. The van der Waals surface area contributed by atoms with Crippen molar-refractivity contribution in [3.63, 3.8) is 0 Å². The molecule has 9 heteroatoms. The molecule has 0 spiro atoms. The highest BCUT2D eigenvalue weighted by Gasteiger charge is 2.12. The largest absolute Gasteiger partial charge is 0.497 e. The van der Waals surface area contributed by atoms with Crippen LogP contribution in [0.1, 0.15) is 29.8 Å². The molecule has 0 unspecified atom stereocenters. The summed E-state index contributed by atoms with van der Waals surface area (Å²) in [7, 11) is 1.65. The van der Waals surface area contributed by atoms with Gasteiger partial charge in [-0.15, -0.1) is 10.2 Å². The minimum absolute atomic E-state index is 0.00868. The summed E-state index contributed by atoms with van der Waals surface area (Å²) in [4.78, 5) is 24.2. The number of nitrogens with one attached hydrogen (secondary N) is 1. The van der Waals surface area contributed by atoms with Crippen LogP contribution in [0.25, 0.3) is 0 Å². The first-order valence-electron chi connectivity index (χ1n) is 9.60. The second-order valence-electron chi connectivity index (χ2n) is 6.90. The minimum Gasteiger partial charge on any atom is -0.497 e. The SMILES string of the molecule is COc1ccc(CSc2nnc(SCC(=O)c3ccc(NC(=O)C(C)C)cc3)s2)cc1. The lowest BCUT2D eigenvalue weighted by atomic mass is 10.1. The van der Waals surface area contributed by atoms with Gasteiger partial charge in [0.15, 0.2) is 14.5 Å². The van der Waals surface area contributed by atoms with Gasteiger partial charge in [-0.05, 0) is 42.0 Å². The van der Waals surface area contributed by atoms with Crippen molar-refractivity contribution in [2.45, 2.75) is 28.3 Å². The number of carbonyl (C=O) groups excluding carboxylic acids is 2. The summed E-state index contributed by atoms with van der Waals surface area (Å²) in [6.07, 6.45) is 0. The third-order valence-electron chi connectivity index (χ3n) is 4.23. The Morgan fingerprint density at radius 3 is 2.26 bits per heavy atom. The molecular formula is C22H23N3O3S3. The fourth-order valence-electron chi connectivity index (χ4n) is 2.42. The lowest BCUT2D eigenvalue weighted by molar-refractivity contribution is -0.118. The number of nitrogens with zero attached hydrogens (tertiary/aromatic N) is 2. The number of aromatic nitrogens is 2. The van der Waals surface area contributed by atoms with Crippen LogP contribution in [0.4, 0.5) is 5.69 Å². The maximum absolute atomic E-state index is 12.5. The van der Waals surface area contributed by atoms with Gasteiger partial charge >= 0.3 is 0 Å². The highest BCUT2D eigenvalue weighted by Crippen LogP contribution is 2.31. The molecule has 1 N–H and O–H groups in total. The summed E-state index contributed by atoms with van der Waals surface area (Å²) in [5.74, 6) is 1.78. The number of anilines is 1. The lowest BCUT2D eigenvalue weighted by Gasteiger charge is -2.08. The second-order valence-corrected chi connectivity index (χ2v) is 10.3.